The van der Waals surface area contributed by atoms with Gasteiger partial charge in [-0.05, 0) is 11.6 Å². The predicted octanol–water partition coefficient (Wildman–Crippen LogP) is -0.592. The molecule has 1 amide bonds. The summed E-state index contributed by atoms with van der Waals surface area (Å²) in [7, 11) is 1.67. The van der Waals surface area contributed by atoms with Gasteiger partial charge in [-0.3, -0.25) is 9.69 Å². The topological polar surface area (TPSA) is 74.5 Å². The molecule has 1 aliphatic rings. The van der Waals surface area contributed by atoms with Crippen molar-refractivity contribution < 1.29 is 4.79 Å². The highest BCUT2D eigenvalue weighted by molar-refractivity contribution is 5.77. The molecule has 1 aromatic heterocycles. The normalized spacial score (nSPS) is 16.4. The van der Waals surface area contributed by atoms with Crippen LogP contribution in [0.25, 0.3) is 0 Å². The van der Waals surface area contributed by atoms with Crippen molar-refractivity contribution in [3.8, 4) is 0 Å². The summed E-state index contributed by atoms with van der Waals surface area (Å²) in [6.45, 7) is 4.55. The molecule has 0 aliphatic carbocycles. The number of carbonyl (C=O) groups is 1. The maximum Gasteiger partial charge on any atom is 0.233 e. The second-order valence-electron chi connectivity index (χ2n) is 4.67. The number of nitrogens with two attached hydrogens (primary N) is 1. The average molecular weight is 263 g/mol. The van der Waals surface area contributed by atoms with E-state index in [1.807, 2.05) is 18.3 Å². The molecule has 104 valence electrons. The molecular weight excluding hydrogens is 242 g/mol. The summed E-state index contributed by atoms with van der Waals surface area (Å²) in [6, 6.07) is 4.02. The van der Waals surface area contributed by atoms with E-state index in [0.29, 0.717) is 13.1 Å². The summed E-state index contributed by atoms with van der Waals surface area (Å²) in [5.74, 6) is 1.05. The molecule has 2 rings (SSSR count). The zero-order valence-electron chi connectivity index (χ0n) is 11.3. The lowest BCUT2D eigenvalue weighted by Gasteiger charge is -2.34. The van der Waals surface area contributed by atoms with Crippen LogP contribution in [-0.2, 0) is 11.3 Å². The van der Waals surface area contributed by atoms with E-state index < -0.39 is 0 Å². The fourth-order valence-corrected chi connectivity index (χ4v) is 2.14. The molecule has 0 unspecified atom stereocenters. The minimum Gasteiger partial charge on any atom is -0.358 e. The summed E-state index contributed by atoms with van der Waals surface area (Å²) in [6.07, 6.45) is 1.83. The summed E-state index contributed by atoms with van der Waals surface area (Å²) < 4.78 is 0. The summed E-state index contributed by atoms with van der Waals surface area (Å²) in [4.78, 5) is 20.1. The SMILES string of the molecule is CNC(=O)CN1CCN(c2ccc(CN)cn2)CC1. The molecule has 0 radical (unpaired) electrons. The number of carbonyl (C=O) groups excluding carboxylic acids is 1. The number of anilines is 1. The molecule has 6 nitrogen and oxygen atoms in total. The Hall–Kier alpha value is -1.66. The summed E-state index contributed by atoms with van der Waals surface area (Å²) in [5.41, 5.74) is 6.60. The Balaban J connectivity index is 1.86. The van der Waals surface area contributed by atoms with Gasteiger partial charge in [-0.1, -0.05) is 6.07 Å². The first-order chi connectivity index (χ1) is 9.22. The van der Waals surface area contributed by atoms with Gasteiger partial charge in [0.1, 0.15) is 5.82 Å². The third-order valence-electron chi connectivity index (χ3n) is 3.39. The third-order valence-corrected chi connectivity index (χ3v) is 3.39. The Morgan fingerprint density at radius 2 is 2.11 bits per heavy atom. The highest BCUT2D eigenvalue weighted by atomic mass is 16.1. The van der Waals surface area contributed by atoms with Crippen molar-refractivity contribution in [2.45, 2.75) is 6.54 Å². The van der Waals surface area contributed by atoms with Crippen LogP contribution in [0.5, 0.6) is 0 Å². The van der Waals surface area contributed by atoms with E-state index in [9.17, 15) is 4.79 Å². The van der Waals surface area contributed by atoms with Crippen LogP contribution in [0.3, 0.4) is 0 Å². The third kappa shape index (κ3) is 3.65. The van der Waals surface area contributed by atoms with E-state index in [1.165, 1.54) is 0 Å². The molecule has 1 saturated heterocycles. The second kappa shape index (κ2) is 6.49. The predicted molar refractivity (Wildman–Crippen MR) is 74.8 cm³/mol. The molecule has 3 N–H and O–H groups in total. The molecule has 2 heterocycles. The molecule has 1 fully saturated rings. The van der Waals surface area contributed by atoms with Crippen LogP contribution in [0, 0.1) is 0 Å². The Morgan fingerprint density at radius 3 is 2.63 bits per heavy atom. The zero-order chi connectivity index (χ0) is 13.7. The monoisotopic (exact) mass is 263 g/mol. The molecule has 0 saturated carbocycles. The minimum atomic E-state index is 0.0684. The van der Waals surface area contributed by atoms with Gasteiger partial charge in [0.2, 0.25) is 5.91 Å². The van der Waals surface area contributed by atoms with E-state index >= 15 is 0 Å². The van der Waals surface area contributed by atoms with Crippen LogP contribution >= 0.6 is 0 Å². The van der Waals surface area contributed by atoms with Gasteiger partial charge in [0.05, 0.1) is 6.54 Å². The number of pyridine rings is 1. The highest BCUT2D eigenvalue weighted by Crippen LogP contribution is 2.13. The number of hydrogen-bond donors (Lipinski definition) is 2. The Bertz CT molecular complexity index is 412. The molecule has 1 aromatic rings. The lowest BCUT2D eigenvalue weighted by Crippen LogP contribution is -2.49. The molecule has 0 aromatic carbocycles. The Morgan fingerprint density at radius 1 is 1.37 bits per heavy atom. The Kier molecular flexibility index (Phi) is 4.70. The lowest BCUT2D eigenvalue weighted by atomic mass is 10.2. The van der Waals surface area contributed by atoms with Crippen molar-refractivity contribution in [1.82, 2.24) is 15.2 Å². The van der Waals surface area contributed by atoms with Gasteiger partial charge < -0.3 is 16.0 Å². The largest absolute Gasteiger partial charge is 0.358 e. The maximum absolute atomic E-state index is 11.3. The molecule has 0 spiro atoms. The fraction of sp³-hybridized carbons (Fsp3) is 0.538. The van der Waals surface area contributed by atoms with E-state index in [1.54, 1.807) is 7.05 Å². The van der Waals surface area contributed by atoms with Crippen LogP contribution in [0.4, 0.5) is 5.82 Å². The minimum absolute atomic E-state index is 0.0684. The second-order valence-corrected chi connectivity index (χ2v) is 4.67. The van der Waals surface area contributed by atoms with Crippen molar-refractivity contribution in [3.63, 3.8) is 0 Å². The number of rotatable bonds is 4. The highest BCUT2D eigenvalue weighted by Gasteiger charge is 2.19. The van der Waals surface area contributed by atoms with Crippen molar-refractivity contribution >= 4 is 11.7 Å². The van der Waals surface area contributed by atoms with Gasteiger partial charge in [0.15, 0.2) is 0 Å². The van der Waals surface area contributed by atoms with E-state index in [4.69, 9.17) is 5.73 Å². The number of nitrogens with zero attached hydrogens (tertiary/aromatic N) is 3. The molecule has 1 aliphatic heterocycles. The molecule has 6 heteroatoms. The van der Waals surface area contributed by atoms with Gasteiger partial charge in [-0.25, -0.2) is 4.98 Å². The standard InChI is InChI=1S/C13H21N5O/c1-15-13(19)10-17-4-6-18(7-5-17)12-3-2-11(8-14)9-16-12/h2-3,9H,4-8,10,14H2,1H3,(H,15,19). The first kappa shape index (κ1) is 13.8. The van der Waals surface area contributed by atoms with Crippen LogP contribution < -0.4 is 16.0 Å². The number of nitrogens with one attached hydrogen (secondary N) is 1. The fourth-order valence-electron chi connectivity index (χ4n) is 2.14. The van der Waals surface area contributed by atoms with Crippen molar-refractivity contribution in [3.05, 3.63) is 23.9 Å². The molecular formula is C13H21N5O. The lowest BCUT2D eigenvalue weighted by molar-refractivity contribution is -0.121. The van der Waals surface area contributed by atoms with Crippen LogP contribution in [0.1, 0.15) is 5.56 Å². The van der Waals surface area contributed by atoms with E-state index in [-0.39, 0.29) is 5.91 Å². The van der Waals surface area contributed by atoms with Crippen molar-refractivity contribution in [2.75, 3.05) is 44.7 Å². The zero-order valence-corrected chi connectivity index (χ0v) is 11.3. The smallest absolute Gasteiger partial charge is 0.233 e. The number of hydrogen-bond acceptors (Lipinski definition) is 5. The van der Waals surface area contributed by atoms with Crippen LogP contribution in [0.15, 0.2) is 18.3 Å². The number of aromatic nitrogens is 1. The Labute approximate surface area is 113 Å². The van der Waals surface area contributed by atoms with E-state index in [2.05, 4.69) is 20.1 Å². The van der Waals surface area contributed by atoms with Crippen LogP contribution in [-0.4, -0.2) is 55.6 Å². The van der Waals surface area contributed by atoms with Crippen molar-refractivity contribution in [2.24, 2.45) is 5.73 Å². The molecule has 19 heavy (non-hydrogen) atoms. The maximum atomic E-state index is 11.3. The quantitative estimate of drug-likeness (QED) is 0.759. The van der Waals surface area contributed by atoms with Gasteiger partial charge in [-0.2, -0.15) is 0 Å². The number of amides is 1. The van der Waals surface area contributed by atoms with Crippen molar-refractivity contribution in [1.29, 1.82) is 0 Å². The molecule has 0 atom stereocenters. The van der Waals surface area contributed by atoms with Gasteiger partial charge in [-0.15, -0.1) is 0 Å². The molecule has 0 bridgehead atoms. The van der Waals surface area contributed by atoms with Gasteiger partial charge >= 0.3 is 0 Å². The van der Waals surface area contributed by atoms with Gasteiger partial charge in [0.25, 0.3) is 0 Å². The summed E-state index contributed by atoms with van der Waals surface area (Å²) in [5, 5.41) is 2.65. The number of likely N-dealkylation sites (N-methyl/N-ethyl adjacent to an activating group) is 1. The summed E-state index contributed by atoms with van der Waals surface area (Å²) >= 11 is 0. The first-order valence-electron chi connectivity index (χ1n) is 6.56. The first-order valence-corrected chi connectivity index (χ1v) is 6.56. The van der Waals surface area contributed by atoms with E-state index in [0.717, 1.165) is 37.6 Å². The van der Waals surface area contributed by atoms with Gasteiger partial charge in [0, 0.05) is 46.0 Å². The average Bonchev–Trinajstić information content (AvgIpc) is 2.48. The van der Waals surface area contributed by atoms with Crippen LogP contribution in [0.2, 0.25) is 0 Å². The number of piperazine rings is 1.